The van der Waals surface area contributed by atoms with Gasteiger partial charge in [0.1, 0.15) is 11.9 Å². The molecule has 0 unspecified atom stereocenters. The lowest BCUT2D eigenvalue weighted by atomic mass is 10.1. The van der Waals surface area contributed by atoms with Gasteiger partial charge >= 0.3 is 5.97 Å². The molecule has 8 nitrogen and oxygen atoms in total. The van der Waals surface area contributed by atoms with Crippen molar-refractivity contribution in [2.45, 2.75) is 32.8 Å². The van der Waals surface area contributed by atoms with E-state index >= 15 is 0 Å². The predicted octanol–water partition coefficient (Wildman–Crippen LogP) is 2.12. The minimum Gasteiger partial charge on any atom is -0.481 e. The molecule has 26 heavy (non-hydrogen) atoms. The number of ether oxygens (including phenoxy) is 1. The van der Waals surface area contributed by atoms with Crippen LogP contribution >= 0.6 is 0 Å². The fourth-order valence-corrected chi connectivity index (χ4v) is 3.05. The molecule has 0 aliphatic carbocycles. The predicted molar refractivity (Wildman–Crippen MR) is 91.4 cm³/mol. The largest absolute Gasteiger partial charge is 0.481 e. The molecule has 3 rings (SSSR count). The maximum Gasteiger partial charge on any atom is 0.303 e. The Labute approximate surface area is 150 Å². The molecule has 1 aliphatic rings. The van der Waals surface area contributed by atoms with Gasteiger partial charge in [-0.25, -0.2) is 4.98 Å². The monoisotopic (exact) mass is 359 g/mol. The number of morpholine rings is 1. The highest BCUT2D eigenvalue weighted by molar-refractivity contribution is 5.80. The van der Waals surface area contributed by atoms with E-state index in [4.69, 9.17) is 14.4 Å². The molecule has 1 fully saturated rings. The van der Waals surface area contributed by atoms with Crippen LogP contribution in [0.15, 0.2) is 22.7 Å². The third-order valence-electron chi connectivity index (χ3n) is 4.36. The molecular formula is C18H21N3O5. The molecule has 138 valence electrons. The molecule has 1 amide bonds. The van der Waals surface area contributed by atoms with Crippen molar-refractivity contribution in [1.29, 1.82) is 0 Å². The Morgan fingerprint density at radius 1 is 1.31 bits per heavy atom. The number of hydrogen-bond acceptors (Lipinski definition) is 6. The Kier molecular flexibility index (Phi) is 5.32. The van der Waals surface area contributed by atoms with Crippen LogP contribution < -0.4 is 0 Å². The molecule has 2 aromatic heterocycles. The highest BCUT2D eigenvalue weighted by atomic mass is 16.5. The van der Waals surface area contributed by atoms with Crippen LogP contribution in [0.3, 0.4) is 0 Å². The van der Waals surface area contributed by atoms with Crippen LogP contribution in [0.4, 0.5) is 0 Å². The Morgan fingerprint density at radius 2 is 2.12 bits per heavy atom. The molecule has 1 atom stereocenters. The van der Waals surface area contributed by atoms with Gasteiger partial charge < -0.3 is 19.3 Å². The first-order valence-electron chi connectivity index (χ1n) is 8.47. The molecule has 0 radical (unpaired) electrons. The zero-order valence-electron chi connectivity index (χ0n) is 14.8. The number of amides is 1. The normalized spacial score (nSPS) is 17.3. The summed E-state index contributed by atoms with van der Waals surface area (Å²) in [5.74, 6) is -0.457. The minimum atomic E-state index is -0.975. The summed E-state index contributed by atoms with van der Waals surface area (Å²) in [5, 5.41) is 12.7. The maximum atomic E-state index is 12.2. The Balaban J connectivity index is 1.76. The van der Waals surface area contributed by atoms with Crippen molar-refractivity contribution >= 4 is 11.9 Å². The number of carbonyl (C=O) groups is 2. The van der Waals surface area contributed by atoms with Crippen LogP contribution in [-0.4, -0.2) is 51.7 Å². The van der Waals surface area contributed by atoms with E-state index in [1.807, 2.05) is 32.0 Å². The molecule has 8 heteroatoms. The maximum absolute atomic E-state index is 12.2. The summed E-state index contributed by atoms with van der Waals surface area (Å²) >= 11 is 0. The summed E-state index contributed by atoms with van der Waals surface area (Å²) in [6, 6.07) is 5.63. The number of pyridine rings is 1. The molecule has 2 aromatic rings. The molecule has 0 aromatic carbocycles. The quantitative estimate of drug-likeness (QED) is 0.871. The Hall–Kier alpha value is -2.74. The Morgan fingerprint density at radius 3 is 2.81 bits per heavy atom. The lowest BCUT2D eigenvalue weighted by Crippen LogP contribution is -2.42. The first-order valence-corrected chi connectivity index (χ1v) is 8.47. The lowest BCUT2D eigenvalue weighted by Gasteiger charge is -2.32. The SMILES string of the molecule is Cc1noc(C)c1-c1cccc([C@H]2CN(C(=O)CCC(=O)O)CCO2)n1. The second-order valence-corrected chi connectivity index (χ2v) is 6.24. The topological polar surface area (TPSA) is 106 Å². The molecule has 3 heterocycles. The number of carbonyl (C=O) groups excluding carboxylic acids is 1. The van der Waals surface area contributed by atoms with E-state index in [1.54, 1.807) is 4.90 Å². The highest BCUT2D eigenvalue weighted by Crippen LogP contribution is 2.28. The number of carboxylic acid groups (broad SMARTS) is 1. The Bertz CT molecular complexity index is 797. The lowest BCUT2D eigenvalue weighted by molar-refractivity contribution is -0.144. The molecular weight excluding hydrogens is 338 g/mol. The number of carboxylic acids is 1. The van der Waals surface area contributed by atoms with E-state index in [-0.39, 0.29) is 24.9 Å². The van der Waals surface area contributed by atoms with Gasteiger partial charge in [-0.2, -0.15) is 0 Å². The molecule has 0 spiro atoms. The van der Waals surface area contributed by atoms with E-state index in [9.17, 15) is 9.59 Å². The van der Waals surface area contributed by atoms with Gasteiger partial charge in [0.2, 0.25) is 5.91 Å². The first-order chi connectivity index (χ1) is 12.5. The number of rotatable bonds is 5. The number of aromatic nitrogens is 2. The minimum absolute atomic E-state index is 0.00536. The third kappa shape index (κ3) is 3.91. The summed E-state index contributed by atoms with van der Waals surface area (Å²) in [5.41, 5.74) is 3.09. The van der Waals surface area contributed by atoms with E-state index in [2.05, 4.69) is 10.1 Å². The second kappa shape index (κ2) is 7.65. The van der Waals surface area contributed by atoms with Crippen LogP contribution in [0, 0.1) is 13.8 Å². The summed E-state index contributed by atoms with van der Waals surface area (Å²) < 4.78 is 11.0. The van der Waals surface area contributed by atoms with Crippen LogP contribution in [0.2, 0.25) is 0 Å². The van der Waals surface area contributed by atoms with E-state index < -0.39 is 5.97 Å². The van der Waals surface area contributed by atoms with Crippen molar-refractivity contribution in [3.63, 3.8) is 0 Å². The summed E-state index contributed by atoms with van der Waals surface area (Å²) in [6.07, 6.45) is -0.521. The van der Waals surface area contributed by atoms with Gasteiger partial charge in [0, 0.05) is 13.0 Å². The van der Waals surface area contributed by atoms with Crippen LogP contribution in [-0.2, 0) is 14.3 Å². The first kappa shape index (κ1) is 18.1. The van der Waals surface area contributed by atoms with Crippen molar-refractivity contribution in [1.82, 2.24) is 15.0 Å². The van der Waals surface area contributed by atoms with Crippen LogP contribution in [0.1, 0.15) is 36.1 Å². The molecule has 1 N–H and O–H groups in total. The number of nitrogens with zero attached hydrogens (tertiary/aromatic N) is 3. The van der Waals surface area contributed by atoms with Gasteiger partial charge in [-0.1, -0.05) is 11.2 Å². The number of hydrogen-bond donors (Lipinski definition) is 1. The fraction of sp³-hybridized carbons (Fsp3) is 0.444. The van der Waals surface area contributed by atoms with E-state index in [0.29, 0.717) is 25.5 Å². The molecule has 1 saturated heterocycles. The number of aliphatic carboxylic acids is 1. The summed E-state index contributed by atoms with van der Waals surface area (Å²) in [4.78, 5) is 29.2. The van der Waals surface area contributed by atoms with Crippen molar-refractivity contribution in [2.24, 2.45) is 0 Å². The smallest absolute Gasteiger partial charge is 0.303 e. The van der Waals surface area contributed by atoms with Gasteiger partial charge in [0.25, 0.3) is 0 Å². The van der Waals surface area contributed by atoms with E-state index in [0.717, 1.165) is 22.6 Å². The number of aryl methyl sites for hydroxylation is 2. The van der Waals surface area contributed by atoms with Gasteiger partial charge in [-0.05, 0) is 26.0 Å². The van der Waals surface area contributed by atoms with Gasteiger partial charge in [-0.15, -0.1) is 0 Å². The van der Waals surface area contributed by atoms with Crippen molar-refractivity contribution in [3.8, 4) is 11.3 Å². The van der Waals surface area contributed by atoms with E-state index in [1.165, 1.54) is 0 Å². The van der Waals surface area contributed by atoms with Gasteiger partial charge in [0.05, 0.1) is 42.2 Å². The fourth-order valence-electron chi connectivity index (χ4n) is 3.05. The van der Waals surface area contributed by atoms with Crippen LogP contribution in [0.25, 0.3) is 11.3 Å². The zero-order chi connectivity index (χ0) is 18.7. The molecule has 1 aliphatic heterocycles. The third-order valence-corrected chi connectivity index (χ3v) is 4.36. The van der Waals surface area contributed by atoms with Gasteiger partial charge in [-0.3, -0.25) is 9.59 Å². The average Bonchev–Trinajstić information content (AvgIpc) is 2.98. The summed E-state index contributed by atoms with van der Waals surface area (Å²) in [7, 11) is 0. The highest BCUT2D eigenvalue weighted by Gasteiger charge is 2.27. The average molecular weight is 359 g/mol. The van der Waals surface area contributed by atoms with Crippen molar-refractivity contribution < 1.29 is 24.0 Å². The zero-order valence-corrected chi connectivity index (χ0v) is 14.8. The summed E-state index contributed by atoms with van der Waals surface area (Å²) in [6.45, 7) is 4.90. The molecule has 0 saturated carbocycles. The van der Waals surface area contributed by atoms with Gasteiger partial charge in [0.15, 0.2) is 0 Å². The second-order valence-electron chi connectivity index (χ2n) is 6.24. The molecule has 0 bridgehead atoms. The van der Waals surface area contributed by atoms with Crippen LogP contribution in [0.5, 0.6) is 0 Å². The van der Waals surface area contributed by atoms with Crippen molar-refractivity contribution in [3.05, 3.63) is 35.3 Å². The van der Waals surface area contributed by atoms with Crippen molar-refractivity contribution in [2.75, 3.05) is 19.7 Å². The standard InChI is InChI=1S/C18H21N3O5/c1-11-18(12(2)26-20-11)14-5-3-4-13(19-14)15-10-21(8-9-25-15)16(22)6-7-17(23)24/h3-5,15H,6-10H2,1-2H3,(H,23,24)/t15-/m1/s1.